The molecule has 0 fully saturated rings. The zero-order valence-electron chi connectivity index (χ0n) is 8.61. The molecule has 0 spiro atoms. The van der Waals surface area contributed by atoms with Crippen LogP contribution >= 0.6 is 12.4 Å². The van der Waals surface area contributed by atoms with Crippen LogP contribution in [0, 0.1) is 13.8 Å². The Morgan fingerprint density at radius 2 is 1.73 bits per heavy atom. The summed E-state index contributed by atoms with van der Waals surface area (Å²) in [6.07, 6.45) is 0. The lowest BCUT2D eigenvalue weighted by Crippen LogP contribution is -2.02. The fourth-order valence-corrected chi connectivity index (χ4v) is 1.55. The van der Waals surface area contributed by atoms with E-state index in [0.717, 1.165) is 16.5 Å². The molecule has 5 heteroatoms. The summed E-state index contributed by atoms with van der Waals surface area (Å²) in [6.45, 7) is 4.04. The second-order valence-corrected chi connectivity index (χ2v) is 3.37. The first kappa shape index (κ1) is 11.5. The Labute approximate surface area is 94.1 Å². The normalized spacial score (nSPS) is 10.0. The maximum absolute atomic E-state index is 5.80. The monoisotopic (exact) mass is 224 g/mol. The fraction of sp³-hybridized carbons (Fsp3) is 0.200. The number of hydrogen-bond acceptors (Lipinski definition) is 4. The predicted octanol–water partition coefficient (Wildman–Crippen LogP) is 1.83. The lowest BCUT2D eigenvalue weighted by Gasteiger charge is -2.07. The minimum absolute atomic E-state index is 0. The summed E-state index contributed by atoms with van der Waals surface area (Å²) in [4.78, 5) is 8.07. The zero-order chi connectivity index (χ0) is 10.3. The number of aryl methyl sites for hydroxylation is 2. The molecule has 2 rings (SSSR count). The van der Waals surface area contributed by atoms with Crippen LogP contribution in [0.5, 0.6) is 0 Å². The minimum atomic E-state index is 0. The van der Waals surface area contributed by atoms with Crippen molar-refractivity contribution in [3.63, 3.8) is 0 Å². The Morgan fingerprint density at radius 3 is 2.40 bits per heavy atom. The number of aromatic nitrogens is 2. The third-order valence-corrected chi connectivity index (χ3v) is 2.44. The SMILES string of the molecule is Cc1ccc2nc(N)nc(N)c2c1C.Cl. The van der Waals surface area contributed by atoms with Crippen LogP contribution in [0.25, 0.3) is 10.9 Å². The van der Waals surface area contributed by atoms with Gasteiger partial charge < -0.3 is 11.5 Å². The molecule has 0 unspecified atom stereocenters. The van der Waals surface area contributed by atoms with E-state index >= 15 is 0 Å². The molecule has 0 aliphatic heterocycles. The first-order valence-electron chi connectivity index (χ1n) is 4.38. The van der Waals surface area contributed by atoms with Gasteiger partial charge in [-0.05, 0) is 31.0 Å². The molecule has 0 aliphatic carbocycles. The first-order valence-corrected chi connectivity index (χ1v) is 4.38. The van der Waals surface area contributed by atoms with Gasteiger partial charge in [0, 0.05) is 5.39 Å². The maximum atomic E-state index is 5.80. The topological polar surface area (TPSA) is 77.8 Å². The Bertz CT molecular complexity index is 510. The lowest BCUT2D eigenvalue weighted by molar-refractivity contribution is 1.23. The summed E-state index contributed by atoms with van der Waals surface area (Å²) < 4.78 is 0. The minimum Gasteiger partial charge on any atom is -0.383 e. The van der Waals surface area contributed by atoms with Gasteiger partial charge in [0.15, 0.2) is 0 Å². The molecule has 1 aromatic carbocycles. The van der Waals surface area contributed by atoms with Crippen LogP contribution in [-0.4, -0.2) is 9.97 Å². The van der Waals surface area contributed by atoms with Gasteiger partial charge in [-0.3, -0.25) is 0 Å². The number of benzene rings is 1. The molecule has 1 aromatic heterocycles. The van der Waals surface area contributed by atoms with E-state index in [4.69, 9.17) is 11.5 Å². The molecule has 15 heavy (non-hydrogen) atoms. The van der Waals surface area contributed by atoms with E-state index in [1.807, 2.05) is 26.0 Å². The maximum Gasteiger partial charge on any atom is 0.222 e. The molecule has 4 nitrogen and oxygen atoms in total. The summed E-state index contributed by atoms with van der Waals surface area (Å²) in [5.74, 6) is 0.673. The van der Waals surface area contributed by atoms with Crippen molar-refractivity contribution in [1.82, 2.24) is 9.97 Å². The van der Waals surface area contributed by atoms with E-state index in [1.54, 1.807) is 0 Å². The summed E-state index contributed by atoms with van der Waals surface area (Å²) in [5, 5.41) is 0.902. The highest BCUT2D eigenvalue weighted by Crippen LogP contribution is 2.24. The van der Waals surface area contributed by atoms with Gasteiger partial charge in [0.05, 0.1) is 5.52 Å². The lowest BCUT2D eigenvalue weighted by atomic mass is 10.0. The van der Waals surface area contributed by atoms with Gasteiger partial charge in [0.1, 0.15) is 5.82 Å². The molecule has 0 atom stereocenters. The predicted molar refractivity (Wildman–Crippen MR) is 65.1 cm³/mol. The molecule has 0 saturated heterocycles. The molecular formula is C10H13ClN4. The van der Waals surface area contributed by atoms with E-state index in [1.165, 1.54) is 5.56 Å². The number of rotatable bonds is 0. The van der Waals surface area contributed by atoms with Crippen molar-refractivity contribution in [2.24, 2.45) is 0 Å². The van der Waals surface area contributed by atoms with Crippen molar-refractivity contribution in [2.75, 3.05) is 11.5 Å². The average Bonchev–Trinajstić information content (AvgIpc) is 2.10. The Balaban J connectivity index is 0.00000112. The van der Waals surface area contributed by atoms with Crippen LogP contribution in [0.3, 0.4) is 0 Å². The third kappa shape index (κ3) is 1.80. The molecule has 0 amide bonds. The Morgan fingerprint density at radius 1 is 1.07 bits per heavy atom. The van der Waals surface area contributed by atoms with Gasteiger partial charge in [-0.1, -0.05) is 6.07 Å². The molecule has 4 N–H and O–H groups in total. The summed E-state index contributed by atoms with van der Waals surface area (Å²) >= 11 is 0. The average molecular weight is 225 g/mol. The van der Waals surface area contributed by atoms with E-state index in [2.05, 4.69) is 9.97 Å². The van der Waals surface area contributed by atoms with Crippen molar-refractivity contribution >= 4 is 35.1 Å². The van der Waals surface area contributed by atoms with Crippen LogP contribution in [0.4, 0.5) is 11.8 Å². The number of halogens is 1. The van der Waals surface area contributed by atoms with Gasteiger partial charge in [-0.15, -0.1) is 12.4 Å². The molecule has 0 radical (unpaired) electrons. The molecule has 0 bridgehead atoms. The highest BCUT2D eigenvalue weighted by molar-refractivity contribution is 5.92. The second kappa shape index (κ2) is 3.90. The molecule has 1 heterocycles. The standard InChI is InChI=1S/C10H12N4.ClH/c1-5-3-4-7-8(6(5)2)9(11)14-10(12)13-7;/h3-4H,1-2H3,(H4,11,12,13,14);1H. The molecular weight excluding hydrogens is 212 g/mol. The number of nitrogens with zero attached hydrogens (tertiary/aromatic N) is 2. The van der Waals surface area contributed by atoms with Gasteiger partial charge >= 0.3 is 0 Å². The van der Waals surface area contributed by atoms with Crippen LogP contribution in [-0.2, 0) is 0 Å². The summed E-state index contributed by atoms with van der Waals surface area (Å²) in [7, 11) is 0. The van der Waals surface area contributed by atoms with E-state index in [0.29, 0.717) is 5.82 Å². The largest absolute Gasteiger partial charge is 0.383 e. The van der Waals surface area contributed by atoms with Crippen LogP contribution < -0.4 is 11.5 Å². The van der Waals surface area contributed by atoms with Gasteiger partial charge in [-0.2, -0.15) is 4.98 Å². The van der Waals surface area contributed by atoms with E-state index in [9.17, 15) is 0 Å². The summed E-state index contributed by atoms with van der Waals surface area (Å²) in [5.41, 5.74) is 14.4. The summed E-state index contributed by atoms with van der Waals surface area (Å²) in [6, 6.07) is 3.91. The van der Waals surface area contributed by atoms with Gasteiger partial charge in [0.2, 0.25) is 5.95 Å². The number of nitrogens with two attached hydrogens (primary N) is 2. The van der Waals surface area contributed by atoms with Gasteiger partial charge in [0.25, 0.3) is 0 Å². The fourth-order valence-electron chi connectivity index (χ4n) is 1.55. The highest BCUT2D eigenvalue weighted by atomic mass is 35.5. The van der Waals surface area contributed by atoms with Crippen molar-refractivity contribution in [1.29, 1.82) is 0 Å². The first-order chi connectivity index (χ1) is 6.59. The number of nitrogen functional groups attached to an aromatic ring is 2. The smallest absolute Gasteiger partial charge is 0.222 e. The molecule has 2 aromatic rings. The molecule has 0 saturated carbocycles. The van der Waals surface area contributed by atoms with E-state index < -0.39 is 0 Å². The number of anilines is 2. The third-order valence-electron chi connectivity index (χ3n) is 2.44. The number of hydrogen-bond donors (Lipinski definition) is 2. The second-order valence-electron chi connectivity index (χ2n) is 3.37. The van der Waals surface area contributed by atoms with Crippen molar-refractivity contribution in [3.05, 3.63) is 23.3 Å². The molecule has 0 aliphatic rings. The molecule has 80 valence electrons. The zero-order valence-corrected chi connectivity index (χ0v) is 9.43. The van der Waals surface area contributed by atoms with Crippen molar-refractivity contribution < 1.29 is 0 Å². The van der Waals surface area contributed by atoms with E-state index in [-0.39, 0.29) is 18.4 Å². The van der Waals surface area contributed by atoms with Gasteiger partial charge in [-0.25, -0.2) is 4.98 Å². The van der Waals surface area contributed by atoms with Crippen LogP contribution in [0.1, 0.15) is 11.1 Å². The Kier molecular flexibility index (Phi) is 3.00. The van der Waals surface area contributed by atoms with Crippen molar-refractivity contribution in [3.8, 4) is 0 Å². The highest BCUT2D eigenvalue weighted by Gasteiger charge is 2.07. The number of fused-ring (bicyclic) bond motifs is 1. The quantitative estimate of drug-likeness (QED) is 0.716. The Hall–Kier alpha value is -1.55. The van der Waals surface area contributed by atoms with Crippen molar-refractivity contribution in [2.45, 2.75) is 13.8 Å². The van der Waals surface area contributed by atoms with Crippen LogP contribution in [0.15, 0.2) is 12.1 Å². The van der Waals surface area contributed by atoms with Crippen LogP contribution in [0.2, 0.25) is 0 Å².